The Labute approximate surface area is 125 Å². The molecule has 7 heteroatoms. The molecule has 0 radical (unpaired) electrons. The number of nitrogen functional groups attached to an aromatic ring is 1. The number of benzene rings is 1. The first-order valence-corrected chi connectivity index (χ1v) is 7.24. The molecule has 0 spiro atoms. The van der Waals surface area contributed by atoms with Gasteiger partial charge in [-0.1, -0.05) is 18.2 Å². The number of carbonyl (C=O) groups excluding carboxylic acids is 1. The Kier molecular flexibility index (Phi) is 3.76. The second-order valence-electron chi connectivity index (χ2n) is 4.38. The average molecular weight is 299 g/mol. The summed E-state index contributed by atoms with van der Waals surface area (Å²) in [6.45, 7) is 0.377. The molecule has 0 fully saturated rings. The van der Waals surface area contributed by atoms with Crippen molar-refractivity contribution in [3.05, 3.63) is 52.6 Å². The van der Waals surface area contributed by atoms with Crippen molar-refractivity contribution in [3.63, 3.8) is 0 Å². The minimum Gasteiger partial charge on any atom is -0.345 e. The average Bonchev–Trinajstić information content (AvgIpc) is 3.04. The minimum absolute atomic E-state index is 0.259. The van der Waals surface area contributed by atoms with Gasteiger partial charge in [0.25, 0.3) is 5.91 Å². The van der Waals surface area contributed by atoms with Crippen LogP contribution in [-0.2, 0) is 6.54 Å². The number of para-hydroxylation sites is 1. The van der Waals surface area contributed by atoms with Gasteiger partial charge in [-0.15, -0.1) is 11.3 Å². The van der Waals surface area contributed by atoms with Gasteiger partial charge in [-0.3, -0.25) is 10.6 Å². The molecule has 4 N–H and O–H groups in total. The molecule has 3 aromatic rings. The third kappa shape index (κ3) is 2.83. The summed E-state index contributed by atoms with van der Waals surface area (Å²) in [7, 11) is 0. The van der Waals surface area contributed by atoms with Gasteiger partial charge in [-0.05, 0) is 12.1 Å². The summed E-state index contributed by atoms with van der Waals surface area (Å²) in [5, 5.41) is 5.55. The highest BCUT2D eigenvalue weighted by Crippen LogP contribution is 2.22. The van der Waals surface area contributed by atoms with Crippen LogP contribution in [0.25, 0.3) is 10.9 Å². The third-order valence-electron chi connectivity index (χ3n) is 3.02. The lowest BCUT2D eigenvalue weighted by atomic mass is 10.1. The molecule has 0 bridgehead atoms. The van der Waals surface area contributed by atoms with Crippen molar-refractivity contribution in [2.45, 2.75) is 6.54 Å². The number of amides is 1. The zero-order chi connectivity index (χ0) is 14.7. The van der Waals surface area contributed by atoms with Crippen LogP contribution in [0.15, 0.2) is 41.2 Å². The predicted octanol–water partition coefficient (Wildman–Crippen LogP) is 1.91. The smallest absolute Gasteiger partial charge is 0.270 e. The van der Waals surface area contributed by atoms with Crippen molar-refractivity contribution in [2.24, 2.45) is 5.84 Å². The molecule has 21 heavy (non-hydrogen) atoms. The van der Waals surface area contributed by atoms with Crippen LogP contribution < -0.4 is 16.6 Å². The standard InChI is InChI=1S/C14H13N5OS/c15-19-12-5-13(18-11-4-2-1-3-10(11)12)14(20)16-6-9-7-21-8-17-9/h1-5,7-8H,6,15H2,(H,16,20)(H,18,19). The molecule has 0 saturated carbocycles. The quantitative estimate of drug-likeness (QED) is 0.505. The zero-order valence-electron chi connectivity index (χ0n) is 11.0. The Bertz CT molecular complexity index is 772. The van der Waals surface area contributed by atoms with Gasteiger partial charge in [0.1, 0.15) is 5.69 Å². The largest absolute Gasteiger partial charge is 0.345 e. The van der Waals surface area contributed by atoms with Gasteiger partial charge in [0, 0.05) is 10.8 Å². The van der Waals surface area contributed by atoms with Crippen molar-refractivity contribution in [2.75, 3.05) is 5.43 Å². The van der Waals surface area contributed by atoms with Gasteiger partial charge in [0.05, 0.1) is 29.0 Å². The van der Waals surface area contributed by atoms with Gasteiger partial charge >= 0.3 is 0 Å². The molecule has 0 aliphatic carbocycles. The normalized spacial score (nSPS) is 10.5. The van der Waals surface area contributed by atoms with E-state index in [1.165, 1.54) is 11.3 Å². The van der Waals surface area contributed by atoms with E-state index in [1.807, 2.05) is 29.6 Å². The molecule has 0 atom stereocenters. The van der Waals surface area contributed by atoms with Crippen molar-refractivity contribution >= 4 is 33.8 Å². The third-order valence-corrected chi connectivity index (χ3v) is 3.65. The van der Waals surface area contributed by atoms with E-state index < -0.39 is 0 Å². The second kappa shape index (κ2) is 5.86. The summed E-state index contributed by atoms with van der Waals surface area (Å²) in [4.78, 5) is 20.7. The molecule has 0 aliphatic heterocycles. The van der Waals surface area contributed by atoms with E-state index in [1.54, 1.807) is 11.6 Å². The molecular formula is C14H13N5OS. The number of hydrogen-bond acceptors (Lipinski definition) is 6. The van der Waals surface area contributed by atoms with Gasteiger partial charge in [-0.2, -0.15) is 0 Å². The van der Waals surface area contributed by atoms with E-state index in [2.05, 4.69) is 20.7 Å². The van der Waals surface area contributed by atoms with Crippen LogP contribution in [0.5, 0.6) is 0 Å². The number of anilines is 1. The first-order valence-electron chi connectivity index (χ1n) is 6.29. The Balaban J connectivity index is 1.87. The molecule has 6 nitrogen and oxygen atoms in total. The maximum atomic E-state index is 12.2. The Hall–Kier alpha value is -2.51. The Morgan fingerprint density at radius 3 is 2.95 bits per heavy atom. The van der Waals surface area contributed by atoms with Gasteiger partial charge in [-0.25, -0.2) is 9.97 Å². The number of thiazole rings is 1. The Morgan fingerprint density at radius 2 is 2.19 bits per heavy atom. The molecule has 2 aromatic heterocycles. The van der Waals surface area contributed by atoms with Crippen LogP contribution in [0.3, 0.4) is 0 Å². The molecule has 0 aliphatic rings. The highest BCUT2D eigenvalue weighted by molar-refractivity contribution is 7.07. The lowest BCUT2D eigenvalue weighted by molar-refractivity contribution is 0.0946. The summed E-state index contributed by atoms with van der Waals surface area (Å²) in [5.74, 6) is 5.26. The van der Waals surface area contributed by atoms with E-state index in [0.717, 1.165) is 11.1 Å². The number of rotatable bonds is 4. The molecular weight excluding hydrogens is 286 g/mol. The zero-order valence-corrected chi connectivity index (χ0v) is 11.9. The molecule has 1 amide bonds. The SMILES string of the molecule is NNc1cc(C(=O)NCc2cscn2)nc2ccccc12. The maximum absolute atomic E-state index is 12.2. The topological polar surface area (TPSA) is 92.9 Å². The number of aromatic nitrogens is 2. The summed E-state index contributed by atoms with van der Waals surface area (Å²) in [5.41, 5.74) is 6.86. The molecule has 1 aromatic carbocycles. The lowest BCUT2D eigenvalue weighted by Gasteiger charge is -2.09. The van der Waals surface area contributed by atoms with Crippen molar-refractivity contribution in [1.82, 2.24) is 15.3 Å². The number of nitrogens with one attached hydrogen (secondary N) is 2. The summed E-state index contributed by atoms with van der Waals surface area (Å²) >= 11 is 1.49. The fourth-order valence-electron chi connectivity index (χ4n) is 2.00. The number of pyridine rings is 1. The van der Waals surface area contributed by atoms with E-state index in [4.69, 9.17) is 5.84 Å². The van der Waals surface area contributed by atoms with E-state index in [9.17, 15) is 4.79 Å². The predicted molar refractivity (Wildman–Crippen MR) is 82.8 cm³/mol. The highest BCUT2D eigenvalue weighted by Gasteiger charge is 2.11. The summed E-state index contributed by atoms with van der Waals surface area (Å²) < 4.78 is 0. The van der Waals surface area contributed by atoms with Crippen molar-refractivity contribution < 1.29 is 4.79 Å². The van der Waals surface area contributed by atoms with Crippen LogP contribution in [-0.4, -0.2) is 15.9 Å². The first-order chi connectivity index (χ1) is 10.3. The molecule has 0 saturated heterocycles. The number of carbonyl (C=O) groups is 1. The number of fused-ring (bicyclic) bond motifs is 1. The summed E-state index contributed by atoms with van der Waals surface area (Å²) in [6, 6.07) is 9.14. The minimum atomic E-state index is -0.259. The maximum Gasteiger partial charge on any atom is 0.270 e. The van der Waals surface area contributed by atoms with Gasteiger partial charge < -0.3 is 10.7 Å². The van der Waals surface area contributed by atoms with E-state index in [0.29, 0.717) is 23.4 Å². The van der Waals surface area contributed by atoms with Crippen LogP contribution >= 0.6 is 11.3 Å². The van der Waals surface area contributed by atoms with E-state index >= 15 is 0 Å². The van der Waals surface area contributed by atoms with Crippen molar-refractivity contribution in [3.8, 4) is 0 Å². The Morgan fingerprint density at radius 1 is 1.33 bits per heavy atom. The fourth-order valence-corrected chi connectivity index (χ4v) is 2.56. The number of hydrogen-bond donors (Lipinski definition) is 3. The lowest BCUT2D eigenvalue weighted by Crippen LogP contribution is -2.24. The fraction of sp³-hybridized carbons (Fsp3) is 0.0714. The van der Waals surface area contributed by atoms with Crippen LogP contribution in [0.2, 0.25) is 0 Å². The van der Waals surface area contributed by atoms with Crippen LogP contribution in [0.1, 0.15) is 16.2 Å². The van der Waals surface area contributed by atoms with Crippen molar-refractivity contribution in [1.29, 1.82) is 0 Å². The monoisotopic (exact) mass is 299 g/mol. The molecule has 2 heterocycles. The van der Waals surface area contributed by atoms with Crippen LogP contribution in [0, 0.1) is 0 Å². The van der Waals surface area contributed by atoms with Crippen LogP contribution in [0.4, 0.5) is 5.69 Å². The first kappa shape index (κ1) is 13.5. The molecule has 106 valence electrons. The van der Waals surface area contributed by atoms with Gasteiger partial charge in [0.2, 0.25) is 0 Å². The molecule has 0 unspecified atom stereocenters. The number of nitrogens with zero attached hydrogens (tertiary/aromatic N) is 2. The molecule has 3 rings (SSSR count). The van der Waals surface area contributed by atoms with E-state index in [-0.39, 0.29) is 5.91 Å². The van der Waals surface area contributed by atoms with Gasteiger partial charge in [0.15, 0.2) is 0 Å². The second-order valence-corrected chi connectivity index (χ2v) is 5.10. The highest BCUT2D eigenvalue weighted by atomic mass is 32.1. The number of hydrazine groups is 1. The summed E-state index contributed by atoms with van der Waals surface area (Å²) in [6.07, 6.45) is 0. The number of nitrogens with two attached hydrogens (primary N) is 1.